The fraction of sp³-hybridized carbons (Fsp3) is 0.524. The Morgan fingerprint density at radius 2 is 1.97 bits per heavy atom. The number of hydrogen-bond donors (Lipinski definition) is 1. The fourth-order valence-electron chi connectivity index (χ4n) is 4.77. The molecule has 2 heterocycles. The van der Waals surface area contributed by atoms with Crippen molar-refractivity contribution in [3.05, 3.63) is 47.0 Å². The zero-order valence-electron chi connectivity index (χ0n) is 16.1. The number of hydrogen-bond acceptors (Lipinski definition) is 4. The van der Waals surface area contributed by atoms with Crippen LogP contribution in [0.4, 0.5) is 13.2 Å². The zero-order chi connectivity index (χ0) is 20.6. The first-order valence-corrected chi connectivity index (χ1v) is 9.87. The predicted octanol–water partition coefficient (Wildman–Crippen LogP) is 2.93. The Morgan fingerprint density at radius 3 is 2.62 bits per heavy atom. The maximum absolute atomic E-state index is 13.0. The molecule has 1 aliphatic heterocycles. The van der Waals surface area contributed by atoms with Crippen molar-refractivity contribution in [2.75, 3.05) is 13.1 Å². The molecule has 2 N–H and O–H groups in total. The molecule has 29 heavy (non-hydrogen) atoms. The lowest BCUT2D eigenvalue weighted by molar-refractivity contribution is -0.148. The number of aromatic nitrogens is 3. The van der Waals surface area contributed by atoms with Crippen molar-refractivity contribution in [3.63, 3.8) is 0 Å². The van der Waals surface area contributed by atoms with Gasteiger partial charge in [-0.2, -0.15) is 13.2 Å². The van der Waals surface area contributed by atoms with Crippen molar-refractivity contribution in [3.8, 4) is 12.3 Å². The third-order valence-corrected chi connectivity index (χ3v) is 6.50. The molecular weight excluding hydrogens is 379 g/mol. The van der Waals surface area contributed by atoms with Gasteiger partial charge in [0.2, 0.25) is 5.82 Å². The van der Waals surface area contributed by atoms with E-state index >= 15 is 0 Å². The highest BCUT2D eigenvalue weighted by Gasteiger charge is 2.41. The van der Waals surface area contributed by atoms with Crippen LogP contribution in [0.5, 0.6) is 0 Å². The van der Waals surface area contributed by atoms with Crippen LogP contribution in [0.25, 0.3) is 0 Å². The highest BCUT2D eigenvalue weighted by Crippen LogP contribution is 2.41. The first-order valence-electron chi connectivity index (χ1n) is 9.87. The zero-order valence-corrected chi connectivity index (χ0v) is 16.1. The molecule has 0 spiro atoms. The Bertz CT molecular complexity index is 919. The van der Waals surface area contributed by atoms with Crippen molar-refractivity contribution >= 4 is 0 Å². The van der Waals surface area contributed by atoms with E-state index in [1.807, 2.05) is 12.1 Å². The molecule has 0 radical (unpaired) electrons. The number of fused-ring (bicyclic) bond motifs is 1. The van der Waals surface area contributed by atoms with Crippen LogP contribution in [0.1, 0.15) is 48.5 Å². The monoisotopic (exact) mass is 403 g/mol. The second kappa shape index (κ2) is 7.47. The van der Waals surface area contributed by atoms with E-state index in [9.17, 15) is 13.2 Å². The Labute approximate surface area is 168 Å². The minimum Gasteiger partial charge on any atom is -0.330 e. The Hall–Kier alpha value is -2.37. The van der Waals surface area contributed by atoms with E-state index in [1.165, 1.54) is 10.1 Å². The molecule has 0 bridgehead atoms. The summed E-state index contributed by atoms with van der Waals surface area (Å²) in [5.41, 5.74) is 8.14. The molecule has 0 amide bonds. The van der Waals surface area contributed by atoms with Crippen LogP contribution in [0.3, 0.4) is 0 Å². The lowest BCUT2D eigenvalue weighted by atomic mass is 9.67. The summed E-state index contributed by atoms with van der Waals surface area (Å²) in [5.74, 6) is 2.18. The van der Waals surface area contributed by atoms with Gasteiger partial charge in [0.25, 0.3) is 0 Å². The van der Waals surface area contributed by atoms with E-state index in [0.29, 0.717) is 31.5 Å². The number of benzene rings is 1. The maximum Gasteiger partial charge on any atom is 0.451 e. The van der Waals surface area contributed by atoms with Crippen LogP contribution in [0, 0.1) is 12.3 Å². The molecule has 1 aromatic carbocycles. The van der Waals surface area contributed by atoms with Crippen LogP contribution in [0.15, 0.2) is 24.3 Å². The van der Waals surface area contributed by atoms with Gasteiger partial charge < -0.3 is 10.3 Å². The van der Waals surface area contributed by atoms with Crippen molar-refractivity contribution in [1.82, 2.24) is 19.7 Å². The smallest absolute Gasteiger partial charge is 0.330 e. The largest absolute Gasteiger partial charge is 0.451 e. The Balaban J connectivity index is 1.46. The maximum atomic E-state index is 13.0. The van der Waals surface area contributed by atoms with E-state index in [4.69, 9.17) is 12.2 Å². The van der Waals surface area contributed by atoms with Crippen molar-refractivity contribution in [2.24, 2.45) is 5.73 Å². The van der Waals surface area contributed by atoms with Gasteiger partial charge >= 0.3 is 6.18 Å². The van der Waals surface area contributed by atoms with Crippen molar-refractivity contribution in [2.45, 2.75) is 56.4 Å². The fourth-order valence-corrected chi connectivity index (χ4v) is 4.77. The number of rotatable bonds is 3. The van der Waals surface area contributed by atoms with Gasteiger partial charge in [0.05, 0.1) is 6.54 Å². The molecule has 154 valence electrons. The lowest BCUT2D eigenvalue weighted by Gasteiger charge is -2.44. The molecule has 2 aliphatic rings. The molecule has 1 aliphatic carbocycles. The van der Waals surface area contributed by atoms with Crippen molar-refractivity contribution < 1.29 is 13.2 Å². The summed E-state index contributed by atoms with van der Waals surface area (Å²) in [6.45, 7) is 1.79. The summed E-state index contributed by atoms with van der Waals surface area (Å²) in [6, 6.07) is 8.35. The van der Waals surface area contributed by atoms with E-state index in [2.05, 4.69) is 33.2 Å². The van der Waals surface area contributed by atoms with Gasteiger partial charge in [-0.05, 0) is 43.4 Å². The van der Waals surface area contributed by atoms with Gasteiger partial charge in [-0.15, -0.1) is 16.6 Å². The topological polar surface area (TPSA) is 60.0 Å². The summed E-state index contributed by atoms with van der Waals surface area (Å²) in [6.07, 6.45) is 4.83. The first kappa shape index (κ1) is 19.9. The van der Waals surface area contributed by atoms with E-state index < -0.39 is 12.0 Å². The quantitative estimate of drug-likeness (QED) is 0.801. The summed E-state index contributed by atoms with van der Waals surface area (Å²) in [5, 5.41) is 7.16. The molecule has 5 nitrogen and oxygen atoms in total. The minimum atomic E-state index is -4.47. The minimum absolute atomic E-state index is 0.0946. The summed E-state index contributed by atoms with van der Waals surface area (Å²) in [7, 11) is 0. The summed E-state index contributed by atoms with van der Waals surface area (Å²) in [4.78, 5) is 2.24. The molecular formula is C21H24F3N5. The SMILES string of the molecule is C#Cc1cccc([C@]2(CN)CC[C@@H](N3CCn4c(nnc4C(F)(F)F)C3)CC2)c1. The van der Waals surface area contributed by atoms with E-state index in [0.717, 1.165) is 31.2 Å². The second-order valence-corrected chi connectivity index (χ2v) is 8.00. The Morgan fingerprint density at radius 1 is 1.21 bits per heavy atom. The molecule has 1 fully saturated rings. The summed E-state index contributed by atoms with van der Waals surface area (Å²) >= 11 is 0. The predicted molar refractivity (Wildman–Crippen MR) is 103 cm³/mol. The van der Waals surface area contributed by atoms with E-state index in [-0.39, 0.29) is 12.0 Å². The average Bonchev–Trinajstić information content (AvgIpc) is 3.17. The molecule has 4 rings (SSSR count). The number of alkyl halides is 3. The van der Waals surface area contributed by atoms with Crippen molar-refractivity contribution in [1.29, 1.82) is 0 Å². The van der Waals surface area contributed by atoms with Gasteiger partial charge in [0, 0.05) is 36.7 Å². The van der Waals surface area contributed by atoms with Gasteiger partial charge in [-0.3, -0.25) is 4.90 Å². The van der Waals surface area contributed by atoms with Crippen LogP contribution in [0.2, 0.25) is 0 Å². The van der Waals surface area contributed by atoms with Gasteiger partial charge in [0.15, 0.2) is 0 Å². The average molecular weight is 403 g/mol. The Kier molecular flexibility index (Phi) is 5.13. The number of terminal acetylenes is 1. The normalized spacial score (nSPS) is 25.4. The number of nitrogens with two attached hydrogens (primary N) is 1. The second-order valence-electron chi connectivity index (χ2n) is 8.00. The molecule has 0 atom stereocenters. The molecule has 0 saturated heterocycles. The highest BCUT2D eigenvalue weighted by atomic mass is 19.4. The molecule has 1 aromatic heterocycles. The summed E-state index contributed by atoms with van der Waals surface area (Å²) < 4.78 is 40.3. The third kappa shape index (κ3) is 3.65. The molecule has 0 unspecified atom stereocenters. The van der Waals surface area contributed by atoms with Gasteiger partial charge in [-0.1, -0.05) is 18.1 Å². The van der Waals surface area contributed by atoms with Crippen LogP contribution >= 0.6 is 0 Å². The molecule has 8 heteroatoms. The van der Waals surface area contributed by atoms with Crippen LogP contribution < -0.4 is 5.73 Å². The third-order valence-electron chi connectivity index (χ3n) is 6.50. The van der Waals surface area contributed by atoms with Gasteiger partial charge in [-0.25, -0.2) is 0 Å². The highest BCUT2D eigenvalue weighted by molar-refractivity contribution is 5.39. The van der Waals surface area contributed by atoms with Crippen LogP contribution in [-0.4, -0.2) is 38.8 Å². The molecule has 2 aromatic rings. The number of nitrogens with zero attached hydrogens (tertiary/aromatic N) is 4. The first-order chi connectivity index (χ1) is 13.9. The van der Waals surface area contributed by atoms with Gasteiger partial charge in [0.1, 0.15) is 5.82 Å². The standard InChI is InChI=1S/C21H24F3N5/c1-2-15-4-3-5-16(12-15)20(14-25)8-6-17(7-9-20)28-10-11-29-18(13-28)26-27-19(29)21(22,23)24/h1,3-5,12,17H,6-11,13-14,25H2/t17-,20-. The number of halogens is 3. The lowest BCUT2D eigenvalue weighted by Crippen LogP contribution is -2.47. The molecule has 1 saturated carbocycles. The van der Waals surface area contributed by atoms with Crippen LogP contribution in [-0.2, 0) is 24.7 Å². The van der Waals surface area contributed by atoms with E-state index in [1.54, 1.807) is 0 Å².